The van der Waals surface area contributed by atoms with Crippen LogP contribution in [0.2, 0.25) is 5.02 Å². The van der Waals surface area contributed by atoms with Gasteiger partial charge in [0.05, 0.1) is 16.6 Å². The van der Waals surface area contributed by atoms with E-state index in [9.17, 15) is 22.7 Å². The highest BCUT2D eigenvalue weighted by molar-refractivity contribution is 7.89. The largest absolute Gasteiger partial charge is 0.487 e. The normalized spacial score (nSPS) is 16.8. The van der Waals surface area contributed by atoms with Crippen molar-refractivity contribution in [1.29, 1.82) is 0 Å². The highest BCUT2D eigenvalue weighted by Gasteiger charge is 2.36. The van der Waals surface area contributed by atoms with Gasteiger partial charge in [-0.1, -0.05) is 24.1 Å². The maximum atomic E-state index is 13.3. The Morgan fingerprint density at radius 1 is 1.21 bits per heavy atom. The smallest absolute Gasteiger partial charge is 0.339 e. The van der Waals surface area contributed by atoms with Gasteiger partial charge >= 0.3 is 5.97 Å². The lowest BCUT2D eigenvalue weighted by Gasteiger charge is -2.33. The molecule has 1 atom stereocenters. The Morgan fingerprint density at radius 3 is 2.68 bits per heavy atom. The van der Waals surface area contributed by atoms with Crippen LogP contribution in [0, 0.1) is 5.82 Å². The van der Waals surface area contributed by atoms with Gasteiger partial charge in [-0.15, -0.1) is 0 Å². The SMILES string of the molecule is O=C(O)c1cnc(C2CCCCN2S(=O)(=O)c2ccc(F)cc2)nc1COc1cccc(Cl)c1. The molecule has 0 aliphatic carbocycles. The average Bonchev–Trinajstić information content (AvgIpc) is 2.83. The third kappa shape index (κ3) is 5.19. The van der Waals surface area contributed by atoms with Crippen molar-refractivity contribution in [2.75, 3.05) is 6.54 Å². The number of piperidine rings is 1. The molecular formula is C23H21ClFN3O5S. The number of nitrogens with zero attached hydrogens (tertiary/aromatic N) is 3. The van der Waals surface area contributed by atoms with Gasteiger partial charge in [0, 0.05) is 17.8 Å². The van der Waals surface area contributed by atoms with E-state index in [1.165, 1.54) is 22.6 Å². The van der Waals surface area contributed by atoms with Crippen molar-refractivity contribution in [3.05, 3.63) is 82.6 Å². The number of carboxylic acids is 1. The first-order valence-corrected chi connectivity index (χ1v) is 12.3. The van der Waals surface area contributed by atoms with Gasteiger partial charge in [-0.2, -0.15) is 4.31 Å². The minimum absolute atomic E-state index is 0.0348. The summed E-state index contributed by atoms with van der Waals surface area (Å²) < 4.78 is 46.9. The first kappa shape index (κ1) is 24.1. The number of rotatable bonds is 7. The van der Waals surface area contributed by atoms with Crippen molar-refractivity contribution in [3.63, 3.8) is 0 Å². The van der Waals surface area contributed by atoms with Crippen LogP contribution in [0.5, 0.6) is 5.75 Å². The number of aromatic carboxylic acids is 1. The van der Waals surface area contributed by atoms with Gasteiger partial charge < -0.3 is 9.84 Å². The van der Waals surface area contributed by atoms with Crippen LogP contribution in [-0.4, -0.2) is 40.3 Å². The monoisotopic (exact) mass is 505 g/mol. The zero-order chi connectivity index (χ0) is 24.3. The summed E-state index contributed by atoms with van der Waals surface area (Å²) in [6, 6.07) is 10.6. The van der Waals surface area contributed by atoms with Crippen molar-refractivity contribution in [1.82, 2.24) is 14.3 Å². The van der Waals surface area contributed by atoms with Crippen LogP contribution in [0.1, 0.15) is 47.2 Å². The molecule has 2 heterocycles. The summed E-state index contributed by atoms with van der Waals surface area (Å²) in [5.41, 5.74) is -0.0308. The molecule has 0 saturated carbocycles. The number of carbonyl (C=O) groups is 1. The molecule has 1 N–H and O–H groups in total. The molecular weight excluding hydrogens is 485 g/mol. The number of carboxylic acid groups (broad SMARTS) is 1. The standard InChI is InChI=1S/C23H21ClFN3O5S/c24-15-4-3-5-17(12-15)33-14-20-19(23(29)30)13-26-22(27-20)21-6-1-2-11-28(21)34(31,32)18-9-7-16(25)8-10-18/h3-5,7-10,12-13,21H,1-2,6,11,14H2,(H,29,30). The molecule has 178 valence electrons. The Morgan fingerprint density at radius 2 is 1.97 bits per heavy atom. The molecule has 1 unspecified atom stereocenters. The van der Waals surface area contributed by atoms with Crippen LogP contribution in [-0.2, 0) is 16.6 Å². The third-order valence-corrected chi connectivity index (χ3v) is 7.62. The summed E-state index contributed by atoms with van der Waals surface area (Å²) in [5.74, 6) is -1.15. The number of sulfonamides is 1. The quantitative estimate of drug-likeness (QED) is 0.504. The molecule has 8 nitrogen and oxygen atoms in total. The third-order valence-electron chi connectivity index (χ3n) is 5.46. The molecule has 34 heavy (non-hydrogen) atoms. The van der Waals surface area contributed by atoms with Crippen LogP contribution < -0.4 is 4.74 Å². The van der Waals surface area contributed by atoms with Crippen molar-refractivity contribution in [2.24, 2.45) is 0 Å². The van der Waals surface area contributed by atoms with Crippen LogP contribution in [0.15, 0.2) is 59.6 Å². The Bertz CT molecular complexity index is 1300. The highest BCUT2D eigenvalue weighted by atomic mass is 35.5. The van der Waals surface area contributed by atoms with E-state index in [-0.39, 0.29) is 35.1 Å². The van der Waals surface area contributed by atoms with Crippen LogP contribution >= 0.6 is 11.6 Å². The number of aromatic nitrogens is 2. The minimum Gasteiger partial charge on any atom is -0.487 e. The molecule has 3 aromatic rings. The van der Waals surface area contributed by atoms with Crippen LogP contribution in [0.25, 0.3) is 0 Å². The van der Waals surface area contributed by atoms with E-state index in [4.69, 9.17) is 16.3 Å². The van der Waals surface area contributed by atoms with Crippen molar-refractivity contribution < 1.29 is 27.4 Å². The van der Waals surface area contributed by atoms with Gasteiger partial charge in [-0.05, 0) is 55.3 Å². The number of halogens is 2. The lowest BCUT2D eigenvalue weighted by atomic mass is 10.0. The van der Waals surface area contributed by atoms with Gasteiger partial charge in [0.25, 0.3) is 0 Å². The Balaban J connectivity index is 1.66. The van der Waals surface area contributed by atoms with Crippen molar-refractivity contribution >= 4 is 27.6 Å². The zero-order valence-corrected chi connectivity index (χ0v) is 19.5. The maximum absolute atomic E-state index is 13.3. The number of benzene rings is 2. The molecule has 4 rings (SSSR count). The van der Waals surface area contributed by atoms with Crippen LogP contribution in [0.3, 0.4) is 0 Å². The molecule has 1 aliphatic rings. The lowest BCUT2D eigenvalue weighted by Crippen LogP contribution is -2.39. The number of ether oxygens (including phenoxy) is 1. The summed E-state index contributed by atoms with van der Waals surface area (Å²) in [5, 5.41) is 10.0. The molecule has 1 fully saturated rings. The Hall–Kier alpha value is -3.08. The fraction of sp³-hybridized carbons (Fsp3) is 0.261. The molecule has 1 aromatic heterocycles. The van der Waals surface area contributed by atoms with E-state index in [0.717, 1.165) is 18.6 Å². The molecule has 1 aliphatic heterocycles. The predicted molar refractivity (Wildman–Crippen MR) is 122 cm³/mol. The molecule has 11 heteroatoms. The second-order valence-corrected chi connectivity index (χ2v) is 10.0. The first-order chi connectivity index (χ1) is 16.3. The molecule has 0 bridgehead atoms. The molecule has 0 amide bonds. The second-order valence-electron chi connectivity index (χ2n) is 7.72. The van der Waals surface area contributed by atoms with Crippen LogP contribution in [0.4, 0.5) is 4.39 Å². The maximum Gasteiger partial charge on any atom is 0.339 e. The average molecular weight is 506 g/mol. The molecule has 1 saturated heterocycles. The zero-order valence-electron chi connectivity index (χ0n) is 17.9. The van der Waals surface area contributed by atoms with E-state index in [1.807, 2.05) is 0 Å². The fourth-order valence-electron chi connectivity index (χ4n) is 3.78. The van der Waals surface area contributed by atoms with Gasteiger partial charge in [-0.25, -0.2) is 27.6 Å². The summed E-state index contributed by atoms with van der Waals surface area (Å²) in [6.45, 7) is 0.0672. The minimum atomic E-state index is -3.95. The predicted octanol–water partition coefficient (Wildman–Crippen LogP) is 4.46. The van der Waals surface area contributed by atoms with Crippen molar-refractivity contribution in [2.45, 2.75) is 36.8 Å². The first-order valence-electron chi connectivity index (χ1n) is 10.5. The fourth-order valence-corrected chi connectivity index (χ4v) is 5.62. The van der Waals surface area contributed by atoms with E-state index < -0.39 is 27.9 Å². The molecule has 2 aromatic carbocycles. The summed E-state index contributed by atoms with van der Waals surface area (Å²) >= 11 is 5.97. The van der Waals surface area contributed by atoms with Gasteiger partial charge in [0.15, 0.2) is 0 Å². The highest BCUT2D eigenvalue weighted by Crippen LogP contribution is 2.34. The van der Waals surface area contributed by atoms with Gasteiger partial charge in [0.2, 0.25) is 10.0 Å². The summed E-state index contributed by atoms with van der Waals surface area (Å²) in [6.07, 6.45) is 3.02. The Labute approximate surface area is 201 Å². The van der Waals surface area contributed by atoms with E-state index >= 15 is 0 Å². The van der Waals surface area contributed by atoms with E-state index in [0.29, 0.717) is 23.6 Å². The number of hydrogen-bond acceptors (Lipinski definition) is 6. The van der Waals surface area contributed by atoms with Gasteiger partial charge in [0.1, 0.15) is 29.6 Å². The Kier molecular flexibility index (Phi) is 7.11. The van der Waals surface area contributed by atoms with E-state index in [1.54, 1.807) is 24.3 Å². The topological polar surface area (TPSA) is 110 Å². The second kappa shape index (κ2) is 10.0. The van der Waals surface area contributed by atoms with Crippen molar-refractivity contribution in [3.8, 4) is 5.75 Å². The number of hydrogen-bond donors (Lipinski definition) is 1. The summed E-state index contributed by atoms with van der Waals surface area (Å²) in [7, 11) is -3.95. The lowest BCUT2D eigenvalue weighted by molar-refractivity contribution is 0.0692. The molecule has 0 radical (unpaired) electrons. The van der Waals surface area contributed by atoms with E-state index in [2.05, 4.69) is 9.97 Å². The summed E-state index contributed by atoms with van der Waals surface area (Å²) in [4.78, 5) is 20.3. The molecule has 0 spiro atoms. The van der Waals surface area contributed by atoms with Gasteiger partial charge in [-0.3, -0.25) is 0 Å².